The molecule has 0 N–H and O–H groups in total. The monoisotopic (exact) mass is 599 g/mol. The molecule has 0 aliphatic carbocycles. The third-order valence-corrected chi connectivity index (χ3v) is 9.87. The van der Waals surface area contributed by atoms with Crippen molar-refractivity contribution < 1.29 is 27.5 Å². The molecule has 2 heterocycles. The summed E-state index contributed by atoms with van der Waals surface area (Å²) in [6, 6.07) is 17.3. The summed E-state index contributed by atoms with van der Waals surface area (Å²) in [5.74, 6) is -1.17. The molecule has 1 atom stereocenters. The van der Waals surface area contributed by atoms with Gasteiger partial charge in [-0.2, -0.15) is 4.31 Å². The topological polar surface area (TPSA) is 106 Å². The molecule has 1 aliphatic heterocycles. The van der Waals surface area contributed by atoms with Crippen LogP contribution < -0.4 is 4.90 Å². The highest BCUT2D eigenvalue weighted by Crippen LogP contribution is 2.34. The van der Waals surface area contributed by atoms with Crippen LogP contribution in [0.4, 0.5) is 5.69 Å². The Labute approximate surface area is 240 Å². The number of ether oxygens (including phenoxy) is 2. The van der Waals surface area contributed by atoms with Crippen molar-refractivity contribution in [1.82, 2.24) is 9.29 Å². The first-order chi connectivity index (χ1) is 19.1. The fraction of sp³-hybridized carbons (Fsp3) is 0.250. The van der Waals surface area contributed by atoms with Gasteiger partial charge >= 0.3 is 0 Å². The minimum Gasteiger partial charge on any atom is -0.354 e. The summed E-state index contributed by atoms with van der Waals surface area (Å²) in [6.45, 7) is 1.73. The number of amides is 2. The number of fused-ring (bicyclic) bond motifs is 1. The summed E-state index contributed by atoms with van der Waals surface area (Å²) >= 11 is 7.50. The number of carbonyl (C=O) groups excluding carboxylic acids is 2. The molecular weight excluding hydrogens is 574 g/mol. The van der Waals surface area contributed by atoms with Gasteiger partial charge in [-0.3, -0.25) is 9.59 Å². The molecule has 1 saturated heterocycles. The van der Waals surface area contributed by atoms with E-state index < -0.39 is 34.2 Å². The largest absolute Gasteiger partial charge is 0.354 e. The van der Waals surface area contributed by atoms with Crippen LogP contribution >= 0.6 is 22.9 Å². The second kappa shape index (κ2) is 11.4. The van der Waals surface area contributed by atoms with E-state index in [2.05, 4.69) is 11.1 Å². The van der Waals surface area contributed by atoms with Gasteiger partial charge in [0, 0.05) is 24.8 Å². The third kappa shape index (κ3) is 5.40. The second-order valence-electron chi connectivity index (χ2n) is 9.25. The Morgan fingerprint density at radius 2 is 1.73 bits per heavy atom. The van der Waals surface area contributed by atoms with Crippen molar-refractivity contribution in [3.05, 3.63) is 77.3 Å². The number of anilines is 1. The Balaban J connectivity index is 1.44. The van der Waals surface area contributed by atoms with E-state index >= 15 is 0 Å². The molecule has 1 aromatic heterocycles. The van der Waals surface area contributed by atoms with Crippen molar-refractivity contribution in [3.8, 4) is 10.6 Å². The molecule has 12 heteroatoms. The quantitative estimate of drug-likeness (QED) is 0.200. The van der Waals surface area contributed by atoms with Gasteiger partial charge in [0.2, 0.25) is 15.9 Å². The Hall–Kier alpha value is -3.19. The van der Waals surface area contributed by atoms with Gasteiger partial charge in [0.1, 0.15) is 11.0 Å². The summed E-state index contributed by atoms with van der Waals surface area (Å²) in [7, 11) is -1.50. The van der Waals surface area contributed by atoms with Crippen LogP contribution in [0.1, 0.15) is 12.0 Å². The number of benzene rings is 3. The molecule has 1 aliphatic rings. The van der Waals surface area contributed by atoms with Crippen LogP contribution in [0.5, 0.6) is 0 Å². The number of halogens is 1. The SMILES string of the molecule is COC(CN(C1CC(=O)N(c2ccc(-c3nc4ccc(C)cc4s3)cc2)C1=O)S(=O)(=O)c1ccc(Cl)cc1)OC. The zero-order chi connectivity index (χ0) is 28.6. The number of carbonyl (C=O) groups is 2. The predicted octanol–water partition coefficient (Wildman–Crippen LogP) is 4.87. The molecule has 40 heavy (non-hydrogen) atoms. The number of hydrogen-bond acceptors (Lipinski definition) is 8. The first-order valence-corrected chi connectivity index (χ1v) is 14.9. The van der Waals surface area contributed by atoms with Crippen molar-refractivity contribution in [2.45, 2.75) is 30.6 Å². The Morgan fingerprint density at radius 3 is 2.38 bits per heavy atom. The highest BCUT2D eigenvalue weighted by Gasteiger charge is 2.47. The van der Waals surface area contributed by atoms with Gasteiger partial charge in [-0.15, -0.1) is 11.3 Å². The minimum atomic E-state index is -4.23. The Bertz CT molecular complexity index is 1670. The normalized spacial score (nSPS) is 16.1. The van der Waals surface area contributed by atoms with Gasteiger partial charge in [0.15, 0.2) is 6.29 Å². The van der Waals surface area contributed by atoms with Crippen LogP contribution in [0.3, 0.4) is 0 Å². The van der Waals surface area contributed by atoms with Crippen molar-refractivity contribution in [3.63, 3.8) is 0 Å². The number of methoxy groups -OCH3 is 2. The highest BCUT2D eigenvalue weighted by atomic mass is 35.5. The molecule has 0 saturated carbocycles. The zero-order valence-electron chi connectivity index (χ0n) is 21.9. The molecule has 9 nitrogen and oxygen atoms in total. The number of sulfonamides is 1. The van der Waals surface area contributed by atoms with Crippen LogP contribution in [0.2, 0.25) is 5.02 Å². The lowest BCUT2D eigenvalue weighted by atomic mass is 10.2. The lowest BCUT2D eigenvalue weighted by Gasteiger charge is -2.29. The molecule has 208 valence electrons. The average molecular weight is 600 g/mol. The van der Waals surface area contributed by atoms with Crippen LogP contribution in [-0.2, 0) is 29.1 Å². The van der Waals surface area contributed by atoms with Crippen LogP contribution in [0, 0.1) is 6.92 Å². The minimum absolute atomic E-state index is 0.0723. The van der Waals surface area contributed by atoms with Crippen molar-refractivity contribution in [1.29, 1.82) is 0 Å². The smallest absolute Gasteiger partial charge is 0.252 e. The molecule has 0 spiro atoms. The van der Waals surface area contributed by atoms with E-state index in [9.17, 15) is 18.0 Å². The third-order valence-electron chi connectivity index (χ3n) is 6.66. The fourth-order valence-corrected chi connectivity index (χ4v) is 7.31. The number of aromatic nitrogens is 1. The number of hydrogen-bond donors (Lipinski definition) is 0. The van der Waals surface area contributed by atoms with E-state index in [1.807, 2.05) is 19.1 Å². The van der Waals surface area contributed by atoms with Crippen molar-refractivity contribution >= 4 is 60.7 Å². The zero-order valence-corrected chi connectivity index (χ0v) is 24.3. The average Bonchev–Trinajstić information content (AvgIpc) is 3.49. The van der Waals surface area contributed by atoms with E-state index in [0.29, 0.717) is 10.7 Å². The van der Waals surface area contributed by atoms with Gasteiger partial charge in [-0.25, -0.2) is 18.3 Å². The summed E-state index contributed by atoms with van der Waals surface area (Å²) in [5, 5.41) is 1.18. The maximum absolute atomic E-state index is 13.7. The molecule has 1 unspecified atom stereocenters. The van der Waals surface area contributed by atoms with Crippen LogP contribution in [-0.4, -0.2) is 62.6 Å². The number of rotatable bonds is 9. The second-order valence-corrected chi connectivity index (χ2v) is 12.6. The molecule has 4 aromatic rings. The number of thiazole rings is 1. The number of aryl methyl sites for hydroxylation is 1. The summed E-state index contributed by atoms with van der Waals surface area (Å²) in [4.78, 5) is 32.4. The number of nitrogens with zero attached hydrogens (tertiary/aromatic N) is 3. The fourth-order valence-electron chi connectivity index (χ4n) is 4.55. The lowest BCUT2D eigenvalue weighted by Crippen LogP contribution is -2.49. The summed E-state index contributed by atoms with van der Waals surface area (Å²) < 4.78 is 39.8. The Kier molecular flexibility index (Phi) is 8.05. The predicted molar refractivity (Wildman–Crippen MR) is 154 cm³/mol. The maximum Gasteiger partial charge on any atom is 0.252 e. The first kappa shape index (κ1) is 28.3. The molecule has 0 radical (unpaired) electrons. The summed E-state index contributed by atoms with van der Waals surface area (Å²) in [6.07, 6.45) is -1.29. The van der Waals surface area contributed by atoms with E-state index in [4.69, 9.17) is 21.1 Å². The van der Waals surface area contributed by atoms with Crippen LogP contribution in [0.25, 0.3) is 20.8 Å². The molecule has 5 rings (SSSR count). The van der Waals surface area contributed by atoms with E-state index in [1.54, 1.807) is 35.6 Å². The van der Waals surface area contributed by atoms with Gasteiger partial charge in [0.25, 0.3) is 5.91 Å². The number of imide groups is 1. The van der Waals surface area contributed by atoms with Gasteiger partial charge in [-0.1, -0.05) is 17.7 Å². The van der Waals surface area contributed by atoms with Gasteiger partial charge in [0.05, 0.1) is 33.8 Å². The van der Waals surface area contributed by atoms with Gasteiger partial charge in [-0.05, 0) is 73.2 Å². The molecule has 1 fully saturated rings. The van der Waals surface area contributed by atoms with Gasteiger partial charge < -0.3 is 9.47 Å². The van der Waals surface area contributed by atoms with Crippen molar-refractivity contribution in [2.24, 2.45) is 0 Å². The molecule has 2 amide bonds. The maximum atomic E-state index is 13.7. The lowest BCUT2D eigenvalue weighted by molar-refractivity contribution is -0.125. The Morgan fingerprint density at radius 1 is 1.05 bits per heavy atom. The molecule has 0 bridgehead atoms. The van der Waals surface area contributed by atoms with Crippen molar-refractivity contribution in [2.75, 3.05) is 25.7 Å². The highest BCUT2D eigenvalue weighted by molar-refractivity contribution is 7.89. The van der Waals surface area contributed by atoms with E-state index in [0.717, 1.165) is 35.6 Å². The standard InChI is InChI=1S/C28H26ClN3O6S2/c1-17-4-13-22-24(14-17)39-27(30-22)18-5-9-20(10-6-18)32-25(33)15-23(28(32)34)31(16-26(37-2)38-3)40(35,36)21-11-7-19(29)8-12-21/h4-14,23,26H,15-16H2,1-3H3. The summed E-state index contributed by atoms with van der Waals surface area (Å²) in [5.41, 5.74) is 3.23. The first-order valence-electron chi connectivity index (χ1n) is 12.3. The molecular formula is C28H26ClN3O6S2. The van der Waals surface area contributed by atoms with Crippen LogP contribution in [0.15, 0.2) is 71.6 Å². The van der Waals surface area contributed by atoms with E-state index in [1.165, 1.54) is 38.5 Å². The van der Waals surface area contributed by atoms with E-state index in [-0.39, 0.29) is 17.9 Å². The molecule has 3 aromatic carbocycles.